The Morgan fingerprint density at radius 2 is 1.74 bits per heavy atom. The third kappa shape index (κ3) is 4.34. The lowest BCUT2D eigenvalue weighted by molar-refractivity contribution is 0.0997. The fraction of sp³-hybridized carbons (Fsp3) is 0.158. The van der Waals surface area contributed by atoms with Crippen molar-refractivity contribution in [2.24, 2.45) is 0 Å². The van der Waals surface area contributed by atoms with Gasteiger partial charge in [0.15, 0.2) is 11.2 Å². The zero-order valence-corrected chi connectivity index (χ0v) is 15.7. The molecular weight excluding hydrogens is 369 g/mol. The van der Waals surface area contributed by atoms with Gasteiger partial charge in [-0.2, -0.15) is 0 Å². The lowest BCUT2D eigenvalue weighted by Crippen LogP contribution is -2.14. The number of amides is 1. The molecule has 1 N–H and O–H groups in total. The Kier molecular flexibility index (Phi) is 5.56. The first-order chi connectivity index (χ1) is 12.9. The van der Waals surface area contributed by atoms with Gasteiger partial charge in [0.2, 0.25) is 0 Å². The topological polar surface area (TPSA) is 94.8 Å². The van der Waals surface area contributed by atoms with Crippen LogP contribution in [0.2, 0.25) is 0 Å². The average molecular weight is 387 g/mol. The molecule has 1 aromatic heterocycles. The molecule has 1 heterocycles. The maximum atomic E-state index is 12.4. The first kappa shape index (κ1) is 19.0. The standard InChI is InChI=1S/C19H18NO6P/c1-24-27(23,25-2)12-13-7-9-14(10-8-13)20-19(22)18-11-16(21)15-5-3-4-6-17(15)26-18/h3-11H,12H2,1-2H3,(H,20,22). The molecule has 0 fully saturated rings. The van der Waals surface area contributed by atoms with Crippen molar-refractivity contribution in [2.45, 2.75) is 6.16 Å². The number of hydrogen-bond acceptors (Lipinski definition) is 6. The van der Waals surface area contributed by atoms with Gasteiger partial charge in [-0.25, -0.2) is 0 Å². The lowest BCUT2D eigenvalue weighted by atomic mass is 10.2. The van der Waals surface area contributed by atoms with Crippen LogP contribution in [-0.2, 0) is 19.8 Å². The van der Waals surface area contributed by atoms with Crippen LogP contribution in [0.1, 0.15) is 16.1 Å². The Balaban J connectivity index is 1.77. The fourth-order valence-electron chi connectivity index (χ4n) is 2.53. The van der Waals surface area contributed by atoms with E-state index in [4.69, 9.17) is 13.5 Å². The van der Waals surface area contributed by atoms with Gasteiger partial charge in [-0.05, 0) is 29.8 Å². The molecule has 0 spiro atoms. The average Bonchev–Trinajstić information content (AvgIpc) is 2.69. The van der Waals surface area contributed by atoms with Gasteiger partial charge in [-0.1, -0.05) is 24.3 Å². The smallest absolute Gasteiger partial charge is 0.334 e. The van der Waals surface area contributed by atoms with Gasteiger partial charge in [-0.3, -0.25) is 14.2 Å². The van der Waals surface area contributed by atoms with E-state index in [1.54, 1.807) is 48.5 Å². The number of carbonyl (C=O) groups is 1. The van der Waals surface area contributed by atoms with Crippen LogP contribution in [0.15, 0.2) is 63.8 Å². The molecule has 0 unspecified atom stereocenters. The summed E-state index contributed by atoms with van der Waals surface area (Å²) >= 11 is 0. The van der Waals surface area contributed by atoms with Gasteiger partial charge in [-0.15, -0.1) is 0 Å². The lowest BCUT2D eigenvalue weighted by Gasteiger charge is -2.13. The SMILES string of the molecule is COP(=O)(Cc1ccc(NC(=O)c2cc(=O)c3ccccc3o2)cc1)OC. The molecule has 1 amide bonds. The number of carbonyl (C=O) groups excluding carboxylic acids is 1. The van der Waals surface area contributed by atoms with E-state index in [0.29, 0.717) is 16.7 Å². The molecule has 2 aromatic carbocycles. The molecule has 8 heteroatoms. The van der Waals surface area contributed by atoms with Crippen molar-refractivity contribution in [3.05, 3.63) is 76.1 Å². The maximum absolute atomic E-state index is 12.4. The Morgan fingerprint density at radius 1 is 1.07 bits per heavy atom. The van der Waals surface area contributed by atoms with Crippen LogP contribution in [0, 0.1) is 0 Å². The predicted molar refractivity (Wildman–Crippen MR) is 102 cm³/mol. The number of hydrogen-bond donors (Lipinski definition) is 1. The monoisotopic (exact) mass is 387 g/mol. The third-order valence-electron chi connectivity index (χ3n) is 4.00. The largest absolute Gasteiger partial charge is 0.451 e. The van der Waals surface area contributed by atoms with E-state index >= 15 is 0 Å². The van der Waals surface area contributed by atoms with E-state index in [9.17, 15) is 14.2 Å². The molecular formula is C19H18NO6P. The minimum absolute atomic E-state index is 0.0777. The molecule has 0 radical (unpaired) electrons. The van der Waals surface area contributed by atoms with E-state index in [1.807, 2.05) is 0 Å². The van der Waals surface area contributed by atoms with Crippen molar-refractivity contribution in [3.63, 3.8) is 0 Å². The normalized spacial score (nSPS) is 11.5. The zero-order chi connectivity index (χ0) is 19.4. The Bertz CT molecular complexity index is 1070. The van der Waals surface area contributed by atoms with E-state index in [2.05, 4.69) is 5.32 Å². The molecule has 7 nitrogen and oxygen atoms in total. The van der Waals surface area contributed by atoms with Gasteiger partial charge in [0.1, 0.15) is 5.58 Å². The van der Waals surface area contributed by atoms with Crippen molar-refractivity contribution >= 4 is 30.2 Å². The Hall–Kier alpha value is -2.73. The van der Waals surface area contributed by atoms with Gasteiger partial charge in [0.05, 0.1) is 11.5 Å². The first-order valence-corrected chi connectivity index (χ1v) is 9.80. The molecule has 0 saturated heterocycles. The minimum Gasteiger partial charge on any atom is -0.451 e. The van der Waals surface area contributed by atoms with Crippen LogP contribution in [0.25, 0.3) is 11.0 Å². The van der Waals surface area contributed by atoms with Crippen LogP contribution in [0.4, 0.5) is 5.69 Å². The summed E-state index contributed by atoms with van der Waals surface area (Å²) in [5, 5.41) is 3.08. The van der Waals surface area contributed by atoms with Crippen LogP contribution >= 0.6 is 7.60 Å². The van der Waals surface area contributed by atoms with Gasteiger partial charge in [0.25, 0.3) is 5.91 Å². The highest BCUT2D eigenvalue weighted by molar-refractivity contribution is 7.52. The van der Waals surface area contributed by atoms with E-state index in [0.717, 1.165) is 5.56 Å². The quantitative estimate of drug-likeness (QED) is 0.642. The number of rotatable bonds is 6. The third-order valence-corrected chi connectivity index (χ3v) is 5.87. The van der Waals surface area contributed by atoms with E-state index in [1.165, 1.54) is 20.3 Å². The number of para-hydroxylation sites is 1. The molecule has 27 heavy (non-hydrogen) atoms. The van der Waals surface area contributed by atoms with E-state index in [-0.39, 0.29) is 17.4 Å². The van der Waals surface area contributed by atoms with Crippen molar-refractivity contribution < 1.29 is 22.8 Å². The summed E-state index contributed by atoms with van der Waals surface area (Å²) in [6.07, 6.45) is 0.119. The summed E-state index contributed by atoms with van der Waals surface area (Å²) in [7, 11) is -0.500. The summed E-state index contributed by atoms with van der Waals surface area (Å²) in [5.74, 6) is -0.615. The van der Waals surface area contributed by atoms with Crippen LogP contribution in [-0.4, -0.2) is 20.1 Å². The molecule has 0 aliphatic carbocycles. The molecule has 3 rings (SSSR count). The first-order valence-electron chi connectivity index (χ1n) is 8.08. The van der Waals surface area contributed by atoms with Crippen molar-refractivity contribution in [1.29, 1.82) is 0 Å². The molecule has 0 bridgehead atoms. The molecule has 3 aromatic rings. The summed E-state index contributed by atoms with van der Waals surface area (Å²) in [6, 6.07) is 14.6. The Morgan fingerprint density at radius 3 is 2.41 bits per heavy atom. The zero-order valence-electron chi connectivity index (χ0n) is 14.8. The molecule has 0 aliphatic rings. The van der Waals surface area contributed by atoms with Gasteiger partial charge in [0, 0.05) is 26.0 Å². The number of anilines is 1. The number of fused-ring (bicyclic) bond motifs is 1. The molecule has 140 valence electrons. The fourth-order valence-corrected chi connectivity index (χ4v) is 3.59. The van der Waals surface area contributed by atoms with Crippen LogP contribution < -0.4 is 10.7 Å². The molecule has 0 atom stereocenters. The number of nitrogens with one attached hydrogen (secondary N) is 1. The summed E-state index contributed by atoms with van der Waals surface area (Å²) in [5.41, 5.74) is 1.30. The van der Waals surface area contributed by atoms with Crippen LogP contribution in [0.5, 0.6) is 0 Å². The second-order valence-corrected chi connectivity index (χ2v) is 8.02. The summed E-state index contributed by atoms with van der Waals surface area (Å²) in [6.45, 7) is 0. The van der Waals surface area contributed by atoms with Crippen molar-refractivity contribution in [1.82, 2.24) is 0 Å². The number of benzene rings is 2. The predicted octanol–water partition coefficient (Wildman–Crippen LogP) is 4.03. The highest BCUT2D eigenvalue weighted by Crippen LogP contribution is 2.49. The van der Waals surface area contributed by atoms with Crippen LogP contribution in [0.3, 0.4) is 0 Å². The summed E-state index contributed by atoms with van der Waals surface area (Å²) < 4.78 is 27.5. The highest BCUT2D eigenvalue weighted by Gasteiger charge is 2.21. The second-order valence-electron chi connectivity index (χ2n) is 5.76. The molecule has 0 aliphatic heterocycles. The van der Waals surface area contributed by atoms with E-state index < -0.39 is 13.5 Å². The van der Waals surface area contributed by atoms with Crippen molar-refractivity contribution in [2.75, 3.05) is 19.5 Å². The van der Waals surface area contributed by atoms with Crippen molar-refractivity contribution in [3.8, 4) is 0 Å². The molecule has 0 saturated carbocycles. The maximum Gasteiger partial charge on any atom is 0.334 e. The highest BCUT2D eigenvalue weighted by atomic mass is 31.2. The van der Waals surface area contributed by atoms with Gasteiger partial charge >= 0.3 is 7.60 Å². The second kappa shape index (κ2) is 7.88. The summed E-state index contributed by atoms with van der Waals surface area (Å²) in [4.78, 5) is 24.5. The Labute approximate surface area is 155 Å². The van der Waals surface area contributed by atoms with Gasteiger partial charge < -0.3 is 18.8 Å². The minimum atomic E-state index is -3.16.